The molecule has 0 aliphatic rings. The van der Waals surface area contributed by atoms with E-state index in [-0.39, 0.29) is 11.3 Å². The lowest BCUT2D eigenvalue weighted by atomic mass is 10.1. The van der Waals surface area contributed by atoms with Crippen molar-refractivity contribution in [1.29, 1.82) is 0 Å². The lowest BCUT2D eigenvalue weighted by Crippen LogP contribution is -2.15. The minimum atomic E-state index is -0.638. The van der Waals surface area contributed by atoms with E-state index in [1.807, 2.05) is 42.8 Å². The first-order chi connectivity index (χ1) is 12.9. The summed E-state index contributed by atoms with van der Waals surface area (Å²) in [5.74, 6) is 0.117. The summed E-state index contributed by atoms with van der Waals surface area (Å²) in [7, 11) is 3.42. The third-order valence-electron chi connectivity index (χ3n) is 4.09. The Morgan fingerprint density at radius 2 is 1.85 bits per heavy atom. The maximum Gasteiger partial charge on any atom is 0.286 e. The summed E-state index contributed by atoms with van der Waals surface area (Å²) in [6.07, 6.45) is 0. The SMILES string of the molecule is COc1ccc(-c2c(C)sc(=NC(=O)c3ccccc3[N+](=O)[O-])n2C)cc1. The van der Waals surface area contributed by atoms with Crippen molar-refractivity contribution in [3.8, 4) is 17.0 Å². The van der Waals surface area contributed by atoms with Crippen LogP contribution < -0.4 is 9.54 Å². The number of amides is 1. The van der Waals surface area contributed by atoms with Crippen molar-refractivity contribution in [2.45, 2.75) is 6.92 Å². The zero-order valence-corrected chi connectivity index (χ0v) is 15.8. The number of aromatic nitrogens is 1. The molecule has 0 aliphatic heterocycles. The number of nitro benzene ring substituents is 1. The Balaban J connectivity index is 2.06. The van der Waals surface area contributed by atoms with Crippen molar-refractivity contribution in [3.63, 3.8) is 0 Å². The zero-order valence-electron chi connectivity index (χ0n) is 15.0. The van der Waals surface area contributed by atoms with E-state index < -0.39 is 10.8 Å². The molecule has 0 spiro atoms. The largest absolute Gasteiger partial charge is 0.497 e. The lowest BCUT2D eigenvalue weighted by Gasteiger charge is -2.06. The summed E-state index contributed by atoms with van der Waals surface area (Å²) in [6, 6.07) is 13.4. The van der Waals surface area contributed by atoms with Crippen molar-refractivity contribution in [2.24, 2.45) is 12.0 Å². The first-order valence-electron chi connectivity index (χ1n) is 8.05. The Bertz CT molecular complexity index is 1080. The molecule has 3 aromatic rings. The van der Waals surface area contributed by atoms with Gasteiger partial charge in [0, 0.05) is 18.0 Å². The molecule has 1 aromatic heterocycles. The highest BCUT2D eigenvalue weighted by Crippen LogP contribution is 2.26. The van der Waals surface area contributed by atoms with Crippen LogP contribution in [0, 0.1) is 17.0 Å². The lowest BCUT2D eigenvalue weighted by molar-refractivity contribution is -0.385. The summed E-state index contributed by atoms with van der Waals surface area (Å²) >= 11 is 1.36. The van der Waals surface area contributed by atoms with Crippen LogP contribution in [0.1, 0.15) is 15.2 Å². The molecule has 8 heteroatoms. The van der Waals surface area contributed by atoms with Gasteiger partial charge in [-0.2, -0.15) is 4.99 Å². The van der Waals surface area contributed by atoms with Gasteiger partial charge in [0.05, 0.1) is 17.7 Å². The molecule has 2 aromatic carbocycles. The van der Waals surface area contributed by atoms with Crippen LogP contribution in [-0.2, 0) is 7.05 Å². The van der Waals surface area contributed by atoms with Gasteiger partial charge in [-0.05, 0) is 42.8 Å². The number of ether oxygens (including phenoxy) is 1. The molecule has 0 N–H and O–H groups in total. The molecule has 0 saturated heterocycles. The third kappa shape index (κ3) is 3.65. The Kier molecular flexibility index (Phi) is 5.18. The molecule has 0 saturated carbocycles. The number of thiazole rings is 1. The van der Waals surface area contributed by atoms with Crippen molar-refractivity contribution < 1.29 is 14.5 Å². The van der Waals surface area contributed by atoms with Crippen molar-refractivity contribution >= 4 is 22.9 Å². The maximum atomic E-state index is 12.5. The predicted octanol–water partition coefficient (Wildman–Crippen LogP) is 3.72. The van der Waals surface area contributed by atoms with Crippen LogP contribution in [0.5, 0.6) is 5.75 Å². The first kappa shape index (κ1) is 18.5. The summed E-state index contributed by atoms with van der Waals surface area (Å²) in [4.78, 5) is 28.7. The average molecular weight is 383 g/mol. The molecule has 3 rings (SSSR count). The van der Waals surface area contributed by atoms with Gasteiger partial charge in [0.1, 0.15) is 11.3 Å². The van der Waals surface area contributed by atoms with Crippen molar-refractivity contribution in [3.05, 3.63) is 73.9 Å². The smallest absolute Gasteiger partial charge is 0.286 e. The highest BCUT2D eigenvalue weighted by atomic mass is 32.1. The molecule has 0 fully saturated rings. The number of carbonyl (C=O) groups is 1. The van der Waals surface area contributed by atoms with Crippen molar-refractivity contribution in [2.75, 3.05) is 7.11 Å². The number of para-hydroxylation sites is 1. The second-order valence-corrected chi connectivity index (χ2v) is 6.95. The first-order valence-corrected chi connectivity index (χ1v) is 8.87. The van der Waals surface area contributed by atoms with Crippen molar-refractivity contribution in [1.82, 2.24) is 4.57 Å². The minimum Gasteiger partial charge on any atom is -0.497 e. The Labute approximate surface area is 159 Å². The van der Waals surface area contributed by atoms with E-state index in [9.17, 15) is 14.9 Å². The highest BCUT2D eigenvalue weighted by molar-refractivity contribution is 7.09. The van der Waals surface area contributed by atoms with E-state index in [0.717, 1.165) is 21.9 Å². The fraction of sp³-hybridized carbons (Fsp3) is 0.158. The number of methoxy groups -OCH3 is 1. The molecule has 0 unspecified atom stereocenters. The number of nitro groups is 1. The Hall–Kier alpha value is -3.26. The monoisotopic (exact) mass is 383 g/mol. The van der Waals surface area contributed by atoms with E-state index in [2.05, 4.69) is 4.99 Å². The van der Waals surface area contributed by atoms with Crippen LogP contribution in [0.4, 0.5) is 5.69 Å². The van der Waals surface area contributed by atoms with E-state index >= 15 is 0 Å². The number of aryl methyl sites for hydroxylation is 1. The number of carbonyl (C=O) groups excluding carboxylic acids is 1. The topological polar surface area (TPSA) is 86.7 Å². The molecular formula is C19H17N3O4S. The molecule has 0 aliphatic carbocycles. The molecule has 1 amide bonds. The van der Waals surface area contributed by atoms with Crippen LogP contribution in [0.25, 0.3) is 11.3 Å². The Morgan fingerprint density at radius 3 is 2.48 bits per heavy atom. The number of hydrogen-bond acceptors (Lipinski definition) is 5. The van der Waals surface area contributed by atoms with Gasteiger partial charge < -0.3 is 9.30 Å². The Morgan fingerprint density at radius 1 is 1.19 bits per heavy atom. The standard InChI is InChI=1S/C19H17N3O4S/c1-12-17(13-8-10-14(26-3)11-9-13)21(2)19(27-12)20-18(23)15-6-4-5-7-16(15)22(24)25/h4-11H,1-3H3. The molecule has 27 heavy (non-hydrogen) atoms. The number of nitrogens with zero attached hydrogens (tertiary/aromatic N) is 3. The second-order valence-electron chi connectivity index (χ2n) is 5.77. The molecule has 0 bridgehead atoms. The van der Waals surface area contributed by atoms with Gasteiger partial charge in [0.25, 0.3) is 11.6 Å². The molecule has 0 atom stereocenters. The highest BCUT2D eigenvalue weighted by Gasteiger charge is 2.19. The molecule has 1 heterocycles. The minimum absolute atomic E-state index is 0.0282. The summed E-state index contributed by atoms with van der Waals surface area (Å²) in [5, 5.41) is 11.1. The van der Waals surface area contributed by atoms with E-state index in [0.29, 0.717) is 4.80 Å². The fourth-order valence-corrected chi connectivity index (χ4v) is 3.77. The van der Waals surface area contributed by atoms with Crippen LogP contribution in [0.2, 0.25) is 0 Å². The van der Waals surface area contributed by atoms with Gasteiger partial charge in [-0.15, -0.1) is 11.3 Å². The summed E-state index contributed by atoms with van der Waals surface area (Å²) < 4.78 is 6.99. The van der Waals surface area contributed by atoms with E-state index in [4.69, 9.17) is 4.74 Å². The number of rotatable bonds is 4. The van der Waals surface area contributed by atoms with Crippen LogP contribution >= 0.6 is 11.3 Å². The van der Waals surface area contributed by atoms with Gasteiger partial charge in [-0.1, -0.05) is 12.1 Å². The van der Waals surface area contributed by atoms with E-state index in [1.165, 1.54) is 29.5 Å². The fourth-order valence-electron chi connectivity index (χ4n) is 2.79. The summed E-state index contributed by atoms with van der Waals surface area (Å²) in [6.45, 7) is 1.94. The molecule has 0 radical (unpaired) electrons. The van der Waals surface area contributed by atoms with Gasteiger partial charge >= 0.3 is 0 Å². The predicted molar refractivity (Wildman–Crippen MR) is 103 cm³/mol. The molecule has 7 nitrogen and oxygen atoms in total. The second kappa shape index (κ2) is 7.55. The molecular weight excluding hydrogens is 366 g/mol. The van der Waals surface area contributed by atoms with E-state index in [1.54, 1.807) is 13.2 Å². The van der Waals surface area contributed by atoms with Gasteiger partial charge in [0.15, 0.2) is 4.80 Å². The average Bonchev–Trinajstić information content (AvgIpc) is 2.95. The van der Waals surface area contributed by atoms with Crippen LogP contribution in [0.15, 0.2) is 53.5 Å². The van der Waals surface area contributed by atoms with Gasteiger partial charge in [0.2, 0.25) is 0 Å². The normalized spacial score (nSPS) is 11.4. The zero-order chi connectivity index (χ0) is 19.6. The van der Waals surface area contributed by atoms with Gasteiger partial charge in [-0.3, -0.25) is 14.9 Å². The van der Waals surface area contributed by atoms with Gasteiger partial charge in [-0.25, -0.2) is 0 Å². The number of benzene rings is 2. The quantitative estimate of drug-likeness (QED) is 0.507. The van der Waals surface area contributed by atoms with Crippen LogP contribution in [0.3, 0.4) is 0 Å². The number of hydrogen-bond donors (Lipinski definition) is 0. The third-order valence-corrected chi connectivity index (χ3v) is 5.14. The summed E-state index contributed by atoms with van der Waals surface area (Å²) in [5.41, 5.74) is 1.61. The molecule has 138 valence electrons. The maximum absolute atomic E-state index is 12.5. The van der Waals surface area contributed by atoms with Crippen LogP contribution in [-0.4, -0.2) is 22.5 Å².